The third kappa shape index (κ3) is 3.44. The molecule has 0 amide bonds. The predicted molar refractivity (Wildman–Crippen MR) is 87.9 cm³/mol. The number of carboxylic acid groups (broad SMARTS) is 1. The third-order valence-corrected chi connectivity index (χ3v) is 5.98. The first-order valence-electron chi connectivity index (χ1n) is 8.22. The average molecular weight is 371 g/mol. The first kappa shape index (κ1) is 18.0. The van der Waals surface area contributed by atoms with E-state index in [0.717, 1.165) is 24.8 Å². The number of para-hydroxylation sites is 1. The lowest BCUT2D eigenvalue weighted by molar-refractivity contribution is -0.197. The summed E-state index contributed by atoms with van der Waals surface area (Å²) < 4.78 is 36.5. The van der Waals surface area contributed by atoms with E-state index >= 15 is 0 Å². The van der Waals surface area contributed by atoms with Crippen molar-refractivity contribution in [2.24, 2.45) is 0 Å². The number of rotatable bonds is 7. The number of aliphatic hydroxyl groups is 1. The van der Waals surface area contributed by atoms with Gasteiger partial charge >= 0.3 is 11.9 Å². The van der Waals surface area contributed by atoms with Crippen molar-refractivity contribution in [3.63, 3.8) is 0 Å². The Morgan fingerprint density at radius 1 is 1.44 bits per heavy atom. The highest BCUT2D eigenvalue weighted by Crippen LogP contribution is 2.50. The fourth-order valence-electron chi connectivity index (χ4n) is 3.40. The maximum atomic E-state index is 11.9. The third-order valence-electron chi connectivity index (χ3n) is 4.44. The molecule has 1 aromatic rings. The molecule has 1 saturated carbocycles. The first-order valence-corrected chi connectivity index (χ1v) is 9.87. The Morgan fingerprint density at radius 3 is 2.88 bits per heavy atom. The van der Waals surface area contributed by atoms with Crippen molar-refractivity contribution in [2.45, 2.75) is 50.5 Å². The van der Waals surface area contributed by atoms with Gasteiger partial charge < -0.3 is 19.7 Å². The summed E-state index contributed by atoms with van der Waals surface area (Å²) in [6.45, 7) is 1.62. The highest BCUT2D eigenvalue weighted by atomic mass is 32.2. The number of hydrogen-bond acceptors (Lipinski definition) is 6. The van der Waals surface area contributed by atoms with Crippen LogP contribution in [0.4, 0.5) is 0 Å². The first-order chi connectivity index (χ1) is 11.8. The minimum Gasteiger partial charge on any atom is -0.486 e. The lowest BCUT2D eigenvalue weighted by Crippen LogP contribution is -2.59. The second kappa shape index (κ2) is 6.47. The zero-order chi connectivity index (χ0) is 18.2. The molecule has 0 spiro atoms. The van der Waals surface area contributed by atoms with Crippen LogP contribution in [-0.4, -0.2) is 42.4 Å². The lowest BCUT2D eigenvalue weighted by Gasteiger charge is -2.26. The normalized spacial score (nSPS) is 24.1. The van der Waals surface area contributed by atoms with E-state index in [2.05, 4.69) is 0 Å². The van der Waals surface area contributed by atoms with Crippen LogP contribution in [0.5, 0.6) is 11.5 Å². The van der Waals surface area contributed by atoms with Gasteiger partial charge in [-0.3, -0.25) is 0 Å². The molecule has 9 heteroatoms. The Labute approximate surface area is 145 Å². The second-order valence-electron chi connectivity index (χ2n) is 6.34. The standard InChI is InChI=1S/C16H21NO7S/c1-2-9-25(21,22)17-16(20,15(18)19)24-13-8-4-6-11-10-5-3-7-12(10)23-14(11)13/h4,6,8,10,12,17,20H,2-3,5,7,9H2,1H3,(H,18,19). The quantitative estimate of drug-likeness (QED) is 0.615. The van der Waals surface area contributed by atoms with Crippen LogP contribution in [0, 0.1) is 0 Å². The molecule has 0 saturated heterocycles. The summed E-state index contributed by atoms with van der Waals surface area (Å²) in [6.07, 6.45) is 3.18. The van der Waals surface area contributed by atoms with Crippen molar-refractivity contribution < 1.29 is 32.9 Å². The van der Waals surface area contributed by atoms with Crippen LogP contribution in [0.25, 0.3) is 0 Å². The summed E-state index contributed by atoms with van der Waals surface area (Å²) in [5.41, 5.74) is 0.893. The molecule has 0 bridgehead atoms. The minimum atomic E-state index is -4.03. The molecule has 0 aromatic heterocycles. The van der Waals surface area contributed by atoms with Gasteiger partial charge in [-0.15, -0.1) is 4.72 Å². The summed E-state index contributed by atoms with van der Waals surface area (Å²) in [6, 6.07) is 4.99. The molecule has 0 radical (unpaired) electrons. The summed E-state index contributed by atoms with van der Waals surface area (Å²) in [4.78, 5) is 11.5. The fraction of sp³-hybridized carbons (Fsp3) is 0.562. The van der Waals surface area contributed by atoms with Gasteiger partial charge in [0.15, 0.2) is 11.5 Å². The molecule has 138 valence electrons. The maximum absolute atomic E-state index is 11.9. The van der Waals surface area contributed by atoms with E-state index in [1.807, 2.05) is 6.07 Å². The number of carboxylic acids is 1. The number of ether oxygens (including phenoxy) is 2. The number of carbonyl (C=O) groups is 1. The van der Waals surface area contributed by atoms with Crippen molar-refractivity contribution in [1.82, 2.24) is 4.72 Å². The van der Waals surface area contributed by atoms with Gasteiger partial charge in [0.1, 0.15) is 6.10 Å². The van der Waals surface area contributed by atoms with Gasteiger partial charge in [0.2, 0.25) is 10.0 Å². The summed E-state index contributed by atoms with van der Waals surface area (Å²) in [7, 11) is -4.03. The van der Waals surface area contributed by atoms with Gasteiger partial charge in [-0.05, 0) is 31.7 Å². The van der Waals surface area contributed by atoms with Gasteiger partial charge in [-0.2, -0.15) is 0 Å². The number of aliphatic carboxylic acids is 1. The van der Waals surface area contributed by atoms with Gasteiger partial charge in [0.25, 0.3) is 0 Å². The van der Waals surface area contributed by atoms with Crippen molar-refractivity contribution in [1.29, 1.82) is 0 Å². The van der Waals surface area contributed by atoms with E-state index in [-0.39, 0.29) is 29.9 Å². The van der Waals surface area contributed by atoms with Crippen molar-refractivity contribution in [3.05, 3.63) is 23.8 Å². The molecule has 1 aliphatic heterocycles. The van der Waals surface area contributed by atoms with Crippen LogP contribution in [-0.2, 0) is 14.8 Å². The topological polar surface area (TPSA) is 122 Å². The number of sulfonamides is 1. The van der Waals surface area contributed by atoms with Crippen LogP contribution in [0.2, 0.25) is 0 Å². The number of hydrogen-bond donors (Lipinski definition) is 3. The number of fused-ring (bicyclic) bond motifs is 3. The molecule has 1 aliphatic carbocycles. The van der Waals surface area contributed by atoms with Gasteiger partial charge in [-0.1, -0.05) is 19.1 Å². The zero-order valence-electron chi connectivity index (χ0n) is 13.8. The zero-order valence-corrected chi connectivity index (χ0v) is 14.6. The molecule has 1 heterocycles. The van der Waals surface area contributed by atoms with E-state index in [9.17, 15) is 23.4 Å². The SMILES string of the molecule is CCCS(=O)(=O)NC(O)(Oc1cccc2c1OC1CCCC21)C(=O)O. The number of nitrogens with one attached hydrogen (secondary N) is 1. The van der Waals surface area contributed by atoms with Crippen molar-refractivity contribution >= 4 is 16.0 Å². The predicted octanol–water partition coefficient (Wildman–Crippen LogP) is 1.15. The van der Waals surface area contributed by atoms with E-state index in [4.69, 9.17) is 9.47 Å². The maximum Gasteiger partial charge on any atom is 0.395 e. The molecular weight excluding hydrogens is 350 g/mol. The van der Waals surface area contributed by atoms with Gasteiger partial charge in [0.05, 0.1) is 5.75 Å². The molecule has 1 aromatic carbocycles. The van der Waals surface area contributed by atoms with Gasteiger partial charge in [-0.25, -0.2) is 13.2 Å². The Bertz CT molecular complexity index is 779. The van der Waals surface area contributed by atoms with Crippen LogP contribution in [0.3, 0.4) is 0 Å². The smallest absolute Gasteiger partial charge is 0.395 e. The fourth-order valence-corrected chi connectivity index (χ4v) is 4.59. The van der Waals surface area contributed by atoms with Crippen LogP contribution in [0.15, 0.2) is 18.2 Å². The highest BCUT2D eigenvalue weighted by Gasteiger charge is 2.46. The largest absolute Gasteiger partial charge is 0.486 e. The van der Waals surface area contributed by atoms with Crippen LogP contribution in [0.1, 0.15) is 44.1 Å². The molecule has 3 rings (SSSR count). The molecule has 3 N–H and O–H groups in total. The summed E-state index contributed by atoms with van der Waals surface area (Å²) >= 11 is 0. The van der Waals surface area contributed by atoms with E-state index in [1.54, 1.807) is 17.7 Å². The lowest BCUT2D eigenvalue weighted by atomic mass is 9.97. The Morgan fingerprint density at radius 2 is 2.20 bits per heavy atom. The van der Waals surface area contributed by atoms with E-state index in [1.165, 1.54) is 6.07 Å². The molecule has 8 nitrogen and oxygen atoms in total. The summed E-state index contributed by atoms with van der Waals surface area (Å²) in [5, 5.41) is 19.6. The molecule has 2 aliphatic rings. The molecule has 25 heavy (non-hydrogen) atoms. The average Bonchev–Trinajstić information content (AvgIpc) is 3.08. The highest BCUT2D eigenvalue weighted by molar-refractivity contribution is 7.89. The molecule has 3 unspecified atom stereocenters. The second-order valence-corrected chi connectivity index (χ2v) is 8.18. The monoisotopic (exact) mass is 371 g/mol. The van der Waals surface area contributed by atoms with E-state index < -0.39 is 21.9 Å². The van der Waals surface area contributed by atoms with E-state index in [0.29, 0.717) is 5.75 Å². The van der Waals surface area contributed by atoms with Crippen LogP contribution < -0.4 is 14.2 Å². The van der Waals surface area contributed by atoms with Crippen molar-refractivity contribution in [2.75, 3.05) is 5.75 Å². The molecule has 1 fully saturated rings. The van der Waals surface area contributed by atoms with Crippen molar-refractivity contribution in [3.8, 4) is 11.5 Å². The minimum absolute atomic E-state index is 0.00371. The van der Waals surface area contributed by atoms with Crippen LogP contribution >= 0.6 is 0 Å². The molecule has 3 atom stereocenters. The summed E-state index contributed by atoms with van der Waals surface area (Å²) in [5.74, 6) is -4.72. The Kier molecular flexibility index (Phi) is 4.65. The molecular formula is C16H21NO7S. The number of benzene rings is 1. The van der Waals surface area contributed by atoms with Gasteiger partial charge in [0, 0.05) is 11.5 Å². The Balaban J connectivity index is 1.90. The Hall–Kier alpha value is -1.84.